The lowest BCUT2D eigenvalue weighted by atomic mass is 9.33. The zero-order chi connectivity index (χ0) is 33.7. The van der Waals surface area contributed by atoms with Crippen LogP contribution in [0, 0.1) is 0 Å². The summed E-state index contributed by atoms with van der Waals surface area (Å²) in [7, 11) is 0. The third-order valence-electron chi connectivity index (χ3n) is 11.4. The molecule has 1 aliphatic carbocycles. The van der Waals surface area contributed by atoms with Crippen LogP contribution in [-0.2, 0) is 0 Å². The molecule has 0 unspecified atom stereocenters. The third kappa shape index (κ3) is 5.10. The van der Waals surface area contributed by atoms with E-state index < -0.39 is 0 Å². The summed E-state index contributed by atoms with van der Waals surface area (Å²) in [6.07, 6.45) is 6.47. The highest BCUT2D eigenvalue weighted by molar-refractivity contribution is 7.00. The molecule has 1 fully saturated rings. The van der Waals surface area contributed by atoms with Gasteiger partial charge in [0.15, 0.2) is 0 Å². The molecular weight excluding hydrogens is 615 g/mol. The fraction of sp³-hybridized carbons (Fsp3) is 0.125. The van der Waals surface area contributed by atoms with E-state index in [1.54, 1.807) is 0 Å². The molecule has 51 heavy (non-hydrogen) atoms. The molecule has 0 saturated heterocycles. The minimum absolute atomic E-state index is 0.102. The predicted octanol–water partition coefficient (Wildman–Crippen LogP) is 11.2. The topological polar surface area (TPSA) is 6.48 Å². The maximum atomic E-state index is 2.57. The van der Waals surface area contributed by atoms with Gasteiger partial charge in [0.2, 0.25) is 0 Å². The van der Waals surface area contributed by atoms with Crippen LogP contribution in [0.4, 0.5) is 34.1 Å². The van der Waals surface area contributed by atoms with Gasteiger partial charge in [0.05, 0.1) is 0 Å². The van der Waals surface area contributed by atoms with Crippen LogP contribution >= 0.6 is 0 Å². The molecule has 1 saturated carbocycles. The Kier molecular flexibility index (Phi) is 7.38. The quantitative estimate of drug-likeness (QED) is 0.170. The normalized spacial score (nSPS) is 14.9. The molecular formula is C48H39BN2. The first-order valence-electron chi connectivity index (χ1n) is 18.6. The van der Waals surface area contributed by atoms with Crippen molar-refractivity contribution in [2.75, 3.05) is 9.80 Å². The monoisotopic (exact) mass is 654 g/mol. The molecule has 0 spiro atoms. The summed E-state index contributed by atoms with van der Waals surface area (Å²) in [6.45, 7) is 0.102. The molecule has 3 aliphatic rings. The second kappa shape index (κ2) is 12.5. The minimum Gasteiger partial charge on any atom is -0.311 e. The van der Waals surface area contributed by atoms with Crippen LogP contribution in [-0.4, -0.2) is 6.71 Å². The van der Waals surface area contributed by atoms with E-state index in [4.69, 9.17) is 0 Å². The average Bonchev–Trinajstić information content (AvgIpc) is 3.22. The van der Waals surface area contributed by atoms with Crippen LogP contribution in [0.5, 0.6) is 0 Å². The van der Waals surface area contributed by atoms with E-state index in [1.165, 1.54) is 110 Å². The Morgan fingerprint density at radius 1 is 0.392 bits per heavy atom. The van der Waals surface area contributed by atoms with Crippen LogP contribution in [0.15, 0.2) is 170 Å². The third-order valence-corrected chi connectivity index (χ3v) is 11.4. The van der Waals surface area contributed by atoms with E-state index in [-0.39, 0.29) is 6.71 Å². The molecule has 2 nitrogen and oxygen atoms in total. The summed E-state index contributed by atoms with van der Waals surface area (Å²) in [4.78, 5) is 5.11. The lowest BCUT2D eigenvalue weighted by Gasteiger charge is -2.45. The van der Waals surface area contributed by atoms with E-state index in [1.807, 2.05) is 0 Å². The van der Waals surface area contributed by atoms with Crippen molar-refractivity contribution in [1.82, 2.24) is 0 Å². The zero-order valence-electron chi connectivity index (χ0n) is 28.8. The first-order chi connectivity index (χ1) is 25.3. The van der Waals surface area contributed by atoms with Gasteiger partial charge in [-0.2, -0.15) is 0 Å². The van der Waals surface area contributed by atoms with Gasteiger partial charge in [-0.15, -0.1) is 0 Å². The fourth-order valence-corrected chi connectivity index (χ4v) is 9.02. The summed E-state index contributed by atoms with van der Waals surface area (Å²) in [5.74, 6) is 0.567. The maximum absolute atomic E-state index is 2.57. The molecule has 244 valence electrons. The van der Waals surface area contributed by atoms with E-state index in [9.17, 15) is 0 Å². The molecule has 7 aromatic carbocycles. The Labute approximate surface area is 301 Å². The summed E-state index contributed by atoms with van der Waals surface area (Å²) in [5, 5.41) is 0. The highest BCUT2D eigenvalue weighted by Crippen LogP contribution is 2.47. The van der Waals surface area contributed by atoms with Crippen molar-refractivity contribution in [3.8, 4) is 22.3 Å². The first-order valence-corrected chi connectivity index (χ1v) is 18.6. The number of nitrogens with zero attached hydrogens (tertiary/aromatic N) is 2. The van der Waals surface area contributed by atoms with E-state index in [0.717, 1.165) is 0 Å². The van der Waals surface area contributed by atoms with Crippen LogP contribution in [0.1, 0.15) is 43.6 Å². The lowest BCUT2D eigenvalue weighted by molar-refractivity contribution is 0.444. The zero-order valence-corrected chi connectivity index (χ0v) is 28.8. The van der Waals surface area contributed by atoms with Crippen LogP contribution < -0.4 is 26.2 Å². The molecule has 2 heterocycles. The molecule has 0 aromatic heterocycles. The Balaban J connectivity index is 1.26. The number of hydrogen-bond acceptors (Lipinski definition) is 2. The maximum Gasteiger partial charge on any atom is 0.252 e. The molecule has 0 N–H and O–H groups in total. The molecule has 0 radical (unpaired) electrons. The van der Waals surface area contributed by atoms with Crippen molar-refractivity contribution >= 4 is 57.2 Å². The van der Waals surface area contributed by atoms with Crippen molar-refractivity contribution in [2.24, 2.45) is 0 Å². The average molecular weight is 655 g/mol. The standard InChI is InChI=1S/C48H39BN2/c1-5-15-34(16-6-1)37-25-28-41(29-26-37)51-45-30-27-38(35-17-7-2-8-18-35)31-43(45)49-42-23-13-14-24-44(42)50(40-21-11-4-12-22-40)46-32-39(33-47(51)48(46)49)36-19-9-3-10-20-36/h1-2,4-8,11-18,21-33,36H,3,9-10,19-20H2. The van der Waals surface area contributed by atoms with Crippen LogP contribution in [0.2, 0.25) is 0 Å². The highest BCUT2D eigenvalue weighted by atomic mass is 15.2. The van der Waals surface area contributed by atoms with E-state index in [0.29, 0.717) is 5.92 Å². The van der Waals surface area contributed by atoms with E-state index in [2.05, 4.69) is 180 Å². The Hall–Kier alpha value is -5.80. The Morgan fingerprint density at radius 3 is 1.57 bits per heavy atom. The largest absolute Gasteiger partial charge is 0.311 e. The van der Waals surface area contributed by atoms with Crippen molar-refractivity contribution in [2.45, 2.75) is 38.0 Å². The second-order valence-corrected chi connectivity index (χ2v) is 14.4. The molecule has 0 atom stereocenters. The fourth-order valence-electron chi connectivity index (χ4n) is 9.02. The van der Waals surface area contributed by atoms with Gasteiger partial charge in [-0.1, -0.05) is 141 Å². The molecule has 0 bridgehead atoms. The van der Waals surface area contributed by atoms with Crippen LogP contribution in [0.3, 0.4) is 0 Å². The number of para-hydroxylation sites is 2. The molecule has 10 rings (SSSR count). The van der Waals surface area contributed by atoms with Crippen LogP contribution in [0.25, 0.3) is 22.3 Å². The first kappa shape index (κ1) is 30.1. The number of anilines is 6. The number of benzene rings is 7. The van der Waals surface area contributed by atoms with Gasteiger partial charge in [0.1, 0.15) is 0 Å². The molecule has 3 heteroatoms. The summed E-state index contributed by atoms with van der Waals surface area (Å²) in [6, 6.07) is 63.2. The Morgan fingerprint density at radius 2 is 0.902 bits per heavy atom. The van der Waals surface area contributed by atoms with Crippen molar-refractivity contribution in [3.63, 3.8) is 0 Å². The van der Waals surface area contributed by atoms with Crippen molar-refractivity contribution in [1.29, 1.82) is 0 Å². The minimum atomic E-state index is 0.102. The smallest absolute Gasteiger partial charge is 0.252 e. The number of hydrogen-bond donors (Lipinski definition) is 0. The van der Waals surface area contributed by atoms with Gasteiger partial charge >= 0.3 is 0 Å². The van der Waals surface area contributed by atoms with Gasteiger partial charge in [0, 0.05) is 34.1 Å². The second-order valence-electron chi connectivity index (χ2n) is 14.4. The van der Waals surface area contributed by atoms with E-state index >= 15 is 0 Å². The number of fused-ring (bicyclic) bond motifs is 4. The van der Waals surface area contributed by atoms with Gasteiger partial charge in [-0.3, -0.25) is 0 Å². The molecule has 2 aliphatic heterocycles. The molecule has 7 aromatic rings. The summed E-state index contributed by atoms with van der Waals surface area (Å²) < 4.78 is 0. The van der Waals surface area contributed by atoms with Gasteiger partial charge in [-0.05, 0) is 111 Å². The highest BCUT2D eigenvalue weighted by Gasteiger charge is 2.44. The SMILES string of the molecule is c1ccc(-c2ccc(N3c4ccc(-c5ccccc5)cc4B4c5ccccc5N(c5ccccc5)c5cc(C6CCCCC6)cc3c54)cc2)cc1. The summed E-state index contributed by atoms with van der Waals surface area (Å²) in [5.41, 5.74) is 18.1. The van der Waals surface area contributed by atoms with Gasteiger partial charge in [-0.25, -0.2) is 0 Å². The lowest BCUT2D eigenvalue weighted by Crippen LogP contribution is -2.61. The predicted molar refractivity (Wildman–Crippen MR) is 217 cm³/mol. The van der Waals surface area contributed by atoms with Gasteiger partial charge in [0.25, 0.3) is 6.71 Å². The molecule has 0 amide bonds. The van der Waals surface area contributed by atoms with Crippen molar-refractivity contribution < 1.29 is 0 Å². The summed E-state index contributed by atoms with van der Waals surface area (Å²) >= 11 is 0. The van der Waals surface area contributed by atoms with Gasteiger partial charge < -0.3 is 9.80 Å². The van der Waals surface area contributed by atoms with Crippen molar-refractivity contribution in [3.05, 3.63) is 175 Å². The Bertz CT molecular complexity index is 2350. The number of rotatable bonds is 5.